The van der Waals surface area contributed by atoms with Gasteiger partial charge in [-0.1, -0.05) is 52.7 Å². The summed E-state index contributed by atoms with van der Waals surface area (Å²) >= 11 is 9.62. The third kappa shape index (κ3) is 8.24. The molecule has 0 aliphatic carbocycles. The number of nitro groups is 1. The monoisotopic (exact) mass is 694 g/mol. The lowest BCUT2D eigenvalue weighted by molar-refractivity contribution is -0.385. The molecular weight excluding hydrogens is 664 g/mol. The molecule has 3 aromatic carbocycles. The lowest BCUT2D eigenvalue weighted by Crippen LogP contribution is -2.51. The van der Waals surface area contributed by atoms with E-state index in [0.29, 0.717) is 18.5 Å². The van der Waals surface area contributed by atoms with Crippen molar-refractivity contribution in [2.45, 2.75) is 44.7 Å². The van der Waals surface area contributed by atoms with Gasteiger partial charge in [0.2, 0.25) is 11.8 Å². The van der Waals surface area contributed by atoms with Gasteiger partial charge in [-0.05, 0) is 62.2 Å². The fraction of sp³-hybridized carbons (Fsp3) is 0.310. The van der Waals surface area contributed by atoms with Crippen molar-refractivity contribution in [3.63, 3.8) is 0 Å². The molecule has 0 fully saturated rings. The molecular formula is C29H32BrClN4O7S. The van der Waals surface area contributed by atoms with Crippen molar-refractivity contribution in [3.05, 3.63) is 91.4 Å². The van der Waals surface area contributed by atoms with Gasteiger partial charge in [-0.25, -0.2) is 8.42 Å². The maximum atomic E-state index is 14.1. The molecule has 0 heterocycles. The maximum absolute atomic E-state index is 14.1. The summed E-state index contributed by atoms with van der Waals surface area (Å²) in [4.78, 5) is 38.9. The molecule has 3 rings (SSSR count). The summed E-state index contributed by atoms with van der Waals surface area (Å²) in [6.45, 7) is 4.58. The minimum absolute atomic E-state index is 0.00337. The van der Waals surface area contributed by atoms with Crippen molar-refractivity contribution in [2.75, 3.05) is 24.5 Å². The predicted molar refractivity (Wildman–Crippen MR) is 168 cm³/mol. The number of hydrogen-bond acceptors (Lipinski definition) is 7. The van der Waals surface area contributed by atoms with E-state index in [4.69, 9.17) is 16.3 Å². The fourth-order valence-electron chi connectivity index (χ4n) is 4.21. The van der Waals surface area contributed by atoms with Gasteiger partial charge in [0.15, 0.2) is 0 Å². The van der Waals surface area contributed by atoms with Gasteiger partial charge in [0.05, 0.1) is 22.6 Å². The first-order chi connectivity index (χ1) is 20.3. The van der Waals surface area contributed by atoms with Crippen LogP contribution in [0.3, 0.4) is 0 Å². The van der Waals surface area contributed by atoms with E-state index < -0.39 is 49.9 Å². The quantitative estimate of drug-likeness (QED) is 0.185. The number of benzene rings is 3. The highest BCUT2D eigenvalue weighted by Gasteiger charge is 2.35. The predicted octanol–water partition coefficient (Wildman–Crippen LogP) is 5.47. The molecule has 2 amide bonds. The number of aryl methyl sites for hydroxylation is 1. The van der Waals surface area contributed by atoms with Crippen LogP contribution in [-0.4, -0.2) is 56.3 Å². The largest absolute Gasteiger partial charge is 0.495 e. The molecule has 0 saturated carbocycles. The number of nitrogens with zero attached hydrogens (tertiary/aromatic N) is 3. The zero-order valence-corrected chi connectivity index (χ0v) is 27.2. The summed E-state index contributed by atoms with van der Waals surface area (Å²) in [6.07, 6.45) is 0.683. The second kappa shape index (κ2) is 14.7. The van der Waals surface area contributed by atoms with Gasteiger partial charge in [-0.3, -0.25) is 24.0 Å². The SMILES string of the molecule is CCCNC(=O)[C@@H](C)N(Cc1ccc(Br)cc1)C(=O)CN(c1cc(Cl)ccc1OC)S(=O)(=O)c1ccc(C)c([N+](=O)[O-])c1. The second-order valence-electron chi connectivity index (χ2n) is 9.65. The van der Waals surface area contributed by atoms with E-state index in [1.807, 2.05) is 6.92 Å². The van der Waals surface area contributed by atoms with E-state index in [-0.39, 0.29) is 28.6 Å². The van der Waals surface area contributed by atoms with Crippen LogP contribution in [0.15, 0.2) is 70.0 Å². The summed E-state index contributed by atoms with van der Waals surface area (Å²) in [5, 5.41) is 14.6. The van der Waals surface area contributed by atoms with Crippen LogP contribution in [0.1, 0.15) is 31.4 Å². The first-order valence-electron chi connectivity index (χ1n) is 13.2. The van der Waals surface area contributed by atoms with Crippen LogP contribution in [0.4, 0.5) is 11.4 Å². The van der Waals surface area contributed by atoms with Gasteiger partial charge >= 0.3 is 0 Å². The third-order valence-corrected chi connectivity index (χ3v) is 9.16. The number of sulfonamides is 1. The van der Waals surface area contributed by atoms with Crippen molar-refractivity contribution < 1.29 is 27.7 Å². The minimum atomic E-state index is -4.61. The van der Waals surface area contributed by atoms with E-state index in [0.717, 1.165) is 14.8 Å². The van der Waals surface area contributed by atoms with E-state index in [1.54, 1.807) is 31.2 Å². The number of nitro benzene ring substituents is 1. The lowest BCUT2D eigenvalue weighted by Gasteiger charge is -2.32. The number of hydrogen-bond donors (Lipinski definition) is 1. The van der Waals surface area contributed by atoms with Crippen LogP contribution in [0, 0.1) is 17.0 Å². The number of rotatable bonds is 13. The molecule has 0 saturated heterocycles. The molecule has 43 heavy (non-hydrogen) atoms. The number of carbonyl (C=O) groups is 2. The number of carbonyl (C=O) groups excluding carboxylic acids is 2. The molecule has 230 valence electrons. The Labute approximate surface area is 264 Å². The Hall–Kier alpha value is -3.68. The molecule has 3 aromatic rings. The molecule has 1 atom stereocenters. The highest BCUT2D eigenvalue weighted by atomic mass is 79.9. The molecule has 0 radical (unpaired) electrons. The van der Waals surface area contributed by atoms with Crippen molar-refractivity contribution in [2.24, 2.45) is 0 Å². The number of methoxy groups -OCH3 is 1. The highest BCUT2D eigenvalue weighted by molar-refractivity contribution is 9.10. The van der Waals surface area contributed by atoms with Gasteiger partial charge in [-0.15, -0.1) is 0 Å². The van der Waals surface area contributed by atoms with Gasteiger partial charge in [0.25, 0.3) is 15.7 Å². The van der Waals surface area contributed by atoms with Gasteiger partial charge in [0.1, 0.15) is 18.3 Å². The summed E-state index contributed by atoms with van der Waals surface area (Å²) < 4.78 is 35.3. The zero-order chi connectivity index (χ0) is 31.9. The molecule has 14 heteroatoms. The highest BCUT2D eigenvalue weighted by Crippen LogP contribution is 2.36. The van der Waals surface area contributed by atoms with Crippen molar-refractivity contribution >= 4 is 60.7 Å². The number of nitrogens with one attached hydrogen (secondary N) is 1. The standard InChI is InChI=1S/C29H32BrClN4O7S/c1-5-14-32-29(37)20(3)33(17-21-7-9-22(30)10-8-21)28(36)18-34(26-15-23(31)11-13-27(26)42-4)43(40,41)24-12-6-19(2)25(16-24)35(38)39/h6-13,15-16,20H,5,14,17-18H2,1-4H3,(H,32,37)/t20-/m1/s1. The molecule has 0 bridgehead atoms. The van der Waals surface area contributed by atoms with E-state index in [2.05, 4.69) is 21.2 Å². The second-order valence-corrected chi connectivity index (χ2v) is 12.9. The van der Waals surface area contributed by atoms with Gasteiger partial charge < -0.3 is 15.0 Å². The topological polar surface area (TPSA) is 139 Å². The van der Waals surface area contributed by atoms with Gasteiger partial charge in [0, 0.05) is 34.2 Å². The number of amides is 2. The summed E-state index contributed by atoms with van der Waals surface area (Å²) in [5.74, 6) is -1.01. The van der Waals surface area contributed by atoms with E-state index >= 15 is 0 Å². The fourth-order valence-corrected chi connectivity index (χ4v) is 6.08. The molecule has 0 spiro atoms. The molecule has 0 aliphatic heterocycles. The van der Waals surface area contributed by atoms with Gasteiger partial charge in [-0.2, -0.15) is 0 Å². The molecule has 1 N–H and O–H groups in total. The Kier molecular flexibility index (Phi) is 11.5. The number of ether oxygens (including phenoxy) is 1. The molecule has 0 unspecified atom stereocenters. The molecule has 0 aliphatic rings. The van der Waals surface area contributed by atoms with Crippen molar-refractivity contribution in [1.82, 2.24) is 10.2 Å². The van der Waals surface area contributed by atoms with Crippen LogP contribution in [0.25, 0.3) is 0 Å². The first kappa shape index (κ1) is 33.8. The first-order valence-corrected chi connectivity index (χ1v) is 15.8. The minimum Gasteiger partial charge on any atom is -0.495 e. The Balaban J connectivity index is 2.15. The lowest BCUT2D eigenvalue weighted by atomic mass is 10.1. The summed E-state index contributed by atoms with van der Waals surface area (Å²) in [6, 6.07) is 13.9. The van der Waals surface area contributed by atoms with Crippen LogP contribution in [0.5, 0.6) is 5.75 Å². The third-order valence-electron chi connectivity index (χ3n) is 6.64. The average molecular weight is 696 g/mol. The Morgan fingerprint density at radius 1 is 1.12 bits per heavy atom. The molecule has 0 aromatic heterocycles. The van der Waals surface area contributed by atoms with Crippen molar-refractivity contribution in [3.8, 4) is 5.75 Å². The van der Waals surface area contributed by atoms with Crippen LogP contribution in [0.2, 0.25) is 5.02 Å². The summed E-state index contributed by atoms with van der Waals surface area (Å²) in [5.41, 5.74) is 0.511. The Bertz CT molecular complexity index is 1600. The van der Waals surface area contributed by atoms with E-state index in [9.17, 15) is 28.1 Å². The summed E-state index contributed by atoms with van der Waals surface area (Å²) in [7, 11) is -3.28. The van der Waals surface area contributed by atoms with Crippen LogP contribution < -0.4 is 14.4 Å². The molecule has 11 nitrogen and oxygen atoms in total. The number of anilines is 1. The van der Waals surface area contributed by atoms with Crippen LogP contribution in [-0.2, 0) is 26.2 Å². The smallest absolute Gasteiger partial charge is 0.273 e. The number of halogens is 2. The van der Waals surface area contributed by atoms with Crippen LogP contribution >= 0.6 is 27.5 Å². The van der Waals surface area contributed by atoms with E-state index in [1.165, 1.54) is 49.3 Å². The van der Waals surface area contributed by atoms with Crippen molar-refractivity contribution in [1.29, 1.82) is 0 Å². The zero-order valence-electron chi connectivity index (χ0n) is 24.0. The maximum Gasteiger partial charge on any atom is 0.273 e. The average Bonchev–Trinajstić information content (AvgIpc) is 2.97. The Morgan fingerprint density at radius 3 is 2.40 bits per heavy atom. The normalized spacial score (nSPS) is 11.9. The Morgan fingerprint density at radius 2 is 1.79 bits per heavy atom.